The average Bonchev–Trinajstić information content (AvgIpc) is 2.02. The molecule has 4 nitrogen and oxygen atoms in total. The second kappa shape index (κ2) is 3.70. The van der Waals surface area contributed by atoms with E-state index in [1.165, 1.54) is 0 Å². The van der Waals surface area contributed by atoms with Crippen LogP contribution in [-0.2, 0) is 9.47 Å². The number of nitrogens with zero attached hydrogens (tertiary/aromatic N) is 1. The van der Waals surface area contributed by atoms with E-state index in [0.29, 0.717) is 12.6 Å². The standard InChI is InChI=1S/C8H16N2O2/c9-3-8-4-10(1-2-12-8)7-5-11-6-7/h7-8H,1-6,9H2. The molecule has 2 saturated heterocycles. The third kappa shape index (κ3) is 1.61. The Morgan fingerprint density at radius 2 is 2.25 bits per heavy atom. The monoisotopic (exact) mass is 172 g/mol. The highest BCUT2D eigenvalue weighted by Crippen LogP contribution is 2.14. The molecule has 0 amide bonds. The van der Waals surface area contributed by atoms with Crippen LogP contribution in [0.1, 0.15) is 0 Å². The number of ether oxygens (including phenoxy) is 2. The predicted molar refractivity (Wildman–Crippen MR) is 45.0 cm³/mol. The molecule has 2 rings (SSSR count). The second-order valence-corrected chi connectivity index (χ2v) is 3.41. The van der Waals surface area contributed by atoms with Crippen molar-refractivity contribution in [2.45, 2.75) is 12.1 Å². The number of hydrogen-bond donors (Lipinski definition) is 1. The smallest absolute Gasteiger partial charge is 0.0824 e. The zero-order valence-electron chi connectivity index (χ0n) is 7.24. The molecule has 4 heteroatoms. The molecule has 0 aromatic carbocycles. The fourth-order valence-corrected chi connectivity index (χ4v) is 1.65. The molecule has 2 aliphatic rings. The maximum absolute atomic E-state index is 5.54. The van der Waals surface area contributed by atoms with Gasteiger partial charge in [-0.2, -0.15) is 0 Å². The fourth-order valence-electron chi connectivity index (χ4n) is 1.65. The largest absolute Gasteiger partial charge is 0.378 e. The zero-order chi connectivity index (χ0) is 8.39. The number of morpholine rings is 1. The Hall–Kier alpha value is -0.160. The minimum atomic E-state index is 0.236. The van der Waals surface area contributed by atoms with Gasteiger partial charge >= 0.3 is 0 Å². The molecule has 2 fully saturated rings. The topological polar surface area (TPSA) is 47.7 Å². The molecule has 0 radical (unpaired) electrons. The van der Waals surface area contributed by atoms with Crippen molar-refractivity contribution in [2.24, 2.45) is 5.73 Å². The third-order valence-electron chi connectivity index (χ3n) is 2.57. The lowest BCUT2D eigenvalue weighted by molar-refractivity contribution is -0.111. The third-order valence-corrected chi connectivity index (χ3v) is 2.57. The Balaban J connectivity index is 1.81. The van der Waals surface area contributed by atoms with E-state index in [2.05, 4.69) is 4.90 Å². The van der Waals surface area contributed by atoms with Crippen LogP contribution in [0, 0.1) is 0 Å². The molecular formula is C8H16N2O2. The molecule has 0 aliphatic carbocycles. The van der Waals surface area contributed by atoms with Gasteiger partial charge in [0.25, 0.3) is 0 Å². The predicted octanol–water partition coefficient (Wildman–Crippen LogP) is -0.955. The van der Waals surface area contributed by atoms with Crippen LogP contribution in [-0.4, -0.2) is 56.5 Å². The van der Waals surface area contributed by atoms with Crippen LogP contribution < -0.4 is 5.73 Å². The van der Waals surface area contributed by atoms with Gasteiger partial charge in [0, 0.05) is 19.6 Å². The Morgan fingerprint density at radius 1 is 1.42 bits per heavy atom. The second-order valence-electron chi connectivity index (χ2n) is 3.41. The van der Waals surface area contributed by atoms with Crippen LogP contribution in [0.15, 0.2) is 0 Å². The molecule has 0 saturated carbocycles. The maximum Gasteiger partial charge on any atom is 0.0824 e. The van der Waals surface area contributed by atoms with Crippen molar-refractivity contribution < 1.29 is 9.47 Å². The summed E-state index contributed by atoms with van der Waals surface area (Å²) in [4.78, 5) is 2.42. The number of hydrogen-bond acceptors (Lipinski definition) is 4. The molecule has 1 unspecified atom stereocenters. The first-order chi connectivity index (χ1) is 5.90. The summed E-state index contributed by atoms with van der Waals surface area (Å²) in [6, 6.07) is 0.628. The van der Waals surface area contributed by atoms with E-state index in [1.807, 2.05) is 0 Å². The molecular weight excluding hydrogens is 156 g/mol. The van der Waals surface area contributed by atoms with Crippen molar-refractivity contribution in [1.29, 1.82) is 0 Å². The van der Waals surface area contributed by atoms with Gasteiger partial charge in [0.2, 0.25) is 0 Å². The van der Waals surface area contributed by atoms with Gasteiger partial charge in [-0.1, -0.05) is 0 Å². The van der Waals surface area contributed by atoms with Gasteiger partial charge in [0.1, 0.15) is 0 Å². The lowest BCUT2D eigenvalue weighted by Gasteiger charge is -2.41. The van der Waals surface area contributed by atoms with Crippen LogP contribution in [0.3, 0.4) is 0 Å². The van der Waals surface area contributed by atoms with Crippen LogP contribution in [0.2, 0.25) is 0 Å². The fraction of sp³-hybridized carbons (Fsp3) is 1.00. The Morgan fingerprint density at radius 3 is 2.83 bits per heavy atom. The lowest BCUT2D eigenvalue weighted by Crippen LogP contribution is -2.56. The average molecular weight is 172 g/mol. The van der Waals surface area contributed by atoms with Gasteiger partial charge in [-0.3, -0.25) is 4.90 Å². The highest BCUT2D eigenvalue weighted by atomic mass is 16.5. The van der Waals surface area contributed by atoms with E-state index in [0.717, 1.165) is 32.9 Å². The zero-order valence-corrected chi connectivity index (χ0v) is 7.24. The molecule has 0 aromatic heterocycles. The van der Waals surface area contributed by atoms with Crippen molar-refractivity contribution in [3.05, 3.63) is 0 Å². The number of nitrogens with two attached hydrogens (primary N) is 1. The summed E-state index contributed by atoms with van der Waals surface area (Å²) in [6.07, 6.45) is 0.236. The van der Waals surface area contributed by atoms with Crippen LogP contribution in [0.25, 0.3) is 0 Å². The van der Waals surface area contributed by atoms with E-state index < -0.39 is 0 Å². The summed E-state index contributed by atoms with van der Waals surface area (Å²) < 4.78 is 10.6. The van der Waals surface area contributed by atoms with Crippen LogP contribution in [0.5, 0.6) is 0 Å². The Bertz CT molecular complexity index is 150. The van der Waals surface area contributed by atoms with Crippen molar-refractivity contribution in [1.82, 2.24) is 4.90 Å². The first-order valence-electron chi connectivity index (χ1n) is 4.53. The summed E-state index contributed by atoms with van der Waals surface area (Å²) in [5, 5.41) is 0. The van der Waals surface area contributed by atoms with E-state index in [-0.39, 0.29) is 6.10 Å². The van der Waals surface area contributed by atoms with E-state index in [4.69, 9.17) is 15.2 Å². The summed E-state index contributed by atoms with van der Waals surface area (Å²) in [6.45, 7) is 5.23. The van der Waals surface area contributed by atoms with Crippen molar-refractivity contribution in [3.8, 4) is 0 Å². The molecule has 0 bridgehead atoms. The normalized spacial score (nSPS) is 33.2. The first kappa shape index (κ1) is 8.44. The van der Waals surface area contributed by atoms with Crippen LogP contribution >= 0.6 is 0 Å². The summed E-state index contributed by atoms with van der Waals surface area (Å²) in [7, 11) is 0. The highest BCUT2D eigenvalue weighted by Gasteiger charge is 2.30. The molecule has 1 atom stereocenters. The van der Waals surface area contributed by atoms with Crippen LogP contribution in [0.4, 0.5) is 0 Å². The first-order valence-corrected chi connectivity index (χ1v) is 4.53. The minimum absolute atomic E-state index is 0.236. The molecule has 2 aliphatic heterocycles. The Kier molecular flexibility index (Phi) is 2.60. The van der Waals surface area contributed by atoms with Gasteiger partial charge in [-0.05, 0) is 0 Å². The molecule has 2 N–H and O–H groups in total. The van der Waals surface area contributed by atoms with Crippen molar-refractivity contribution in [3.63, 3.8) is 0 Å². The molecule has 0 spiro atoms. The molecule has 12 heavy (non-hydrogen) atoms. The quantitative estimate of drug-likeness (QED) is 0.583. The van der Waals surface area contributed by atoms with Gasteiger partial charge in [0.05, 0.1) is 32.0 Å². The van der Waals surface area contributed by atoms with Gasteiger partial charge < -0.3 is 15.2 Å². The highest BCUT2D eigenvalue weighted by molar-refractivity contribution is 4.82. The molecule has 2 heterocycles. The maximum atomic E-state index is 5.54. The van der Waals surface area contributed by atoms with Gasteiger partial charge in [-0.25, -0.2) is 0 Å². The lowest BCUT2D eigenvalue weighted by atomic mass is 10.1. The van der Waals surface area contributed by atoms with Crippen molar-refractivity contribution >= 4 is 0 Å². The molecule has 0 aromatic rings. The van der Waals surface area contributed by atoms with E-state index in [9.17, 15) is 0 Å². The summed E-state index contributed by atoms with van der Waals surface area (Å²) in [5.41, 5.74) is 5.54. The van der Waals surface area contributed by atoms with Gasteiger partial charge in [0.15, 0.2) is 0 Å². The number of rotatable bonds is 2. The Labute approximate surface area is 72.6 Å². The molecule has 70 valence electrons. The summed E-state index contributed by atoms with van der Waals surface area (Å²) >= 11 is 0. The SMILES string of the molecule is NCC1CN(C2COC2)CCO1. The van der Waals surface area contributed by atoms with E-state index >= 15 is 0 Å². The van der Waals surface area contributed by atoms with E-state index in [1.54, 1.807) is 0 Å². The summed E-state index contributed by atoms with van der Waals surface area (Å²) in [5.74, 6) is 0. The minimum Gasteiger partial charge on any atom is -0.378 e. The van der Waals surface area contributed by atoms with Crippen molar-refractivity contribution in [2.75, 3.05) is 39.5 Å². The van der Waals surface area contributed by atoms with Gasteiger partial charge in [-0.15, -0.1) is 0 Å².